The number of ether oxygens (including phenoxy) is 3. The lowest BCUT2D eigenvalue weighted by atomic mass is 10.1. The van der Waals surface area contributed by atoms with Crippen molar-refractivity contribution in [2.24, 2.45) is 0 Å². The van der Waals surface area contributed by atoms with E-state index in [2.05, 4.69) is 17.4 Å². The predicted molar refractivity (Wildman–Crippen MR) is 107 cm³/mol. The largest absolute Gasteiger partial charge is 0.497 e. The molecule has 0 aliphatic carbocycles. The van der Waals surface area contributed by atoms with Gasteiger partial charge < -0.3 is 19.5 Å². The Morgan fingerprint density at radius 3 is 2.33 bits per heavy atom. The highest BCUT2D eigenvalue weighted by atomic mass is 16.5. The standard InChI is InChI=1S/C22H29NO4/c1-16(2)26-19-12-10-18(11-13-19)7-6-14-23-22(24)17(3)27-21-9-5-8-20(15-21)25-4/h5,8-13,15-17H,6-7,14H2,1-4H3,(H,23,24)/t17-/m1/s1. The molecule has 0 aromatic heterocycles. The first-order chi connectivity index (χ1) is 13.0. The minimum Gasteiger partial charge on any atom is -0.497 e. The molecule has 2 aromatic rings. The maximum absolute atomic E-state index is 12.2. The minimum atomic E-state index is -0.565. The summed E-state index contributed by atoms with van der Waals surface area (Å²) >= 11 is 0. The highest BCUT2D eigenvalue weighted by molar-refractivity contribution is 5.80. The molecule has 0 spiro atoms. The molecule has 0 fully saturated rings. The summed E-state index contributed by atoms with van der Waals surface area (Å²) in [6.07, 6.45) is 1.37. The highest BCUT2D eigenvalue weighted by Gasteiger charge is 2.14. The van der Waals surface area contributed by atoms with Crippen LogP contribution in [0.15, 0.2) is 48.5 Å². The van der Waals surface area contributed by atoms with Gasteiger partial charge in [-0.05, 0) is 63.4 Å². The number of nitrogens with one attached hydrogen (secondary N) is 1. The van der Waals surface area contributed by atoms with Gasteiger partial charge >= 0.3 is 0 Å². The zero-order valence-corrected chi connectivity index (χ0v) is 16.5. The first-order valence-electron chi connectivity index (χ1n) is 9.32. The lowest BCUT2D eigenvalue weighted by Crippen LogP contribution is -2.36. The fourth-order valence-corrected chi connectivity index (χ4v) is 2.59. The van der Waals surface area contributed by atoms with E-state index in [-0.39, 0.29) is 12.0 Å². The van der Waals surface area contributed by atoms with Crippen LogP contribution in [0, 0.1) is 0 Å². The van der Waals surface area contributed by atoms with Crippen molar-refractivity contribution in [3.05, 3.63) is 54.1 Å². The summed E-state index contributed by atoms with van der Waals surface area (Å²) in [5.41, 5.74) is 1.22. The van der Waals surface area contributed by atoms with Crippen LogP contribution in [-0.2, 0) is 11.2 Å². The van der Waals surface area contributed by atoms with Gasteiger partial charge in [0.25, 0.3) is 5.91 Å². The van der Waals surface area contributed by atoms with Gasteiger partial charge in [0.15, 0.2) is 6.10 Å². The van der Waals surface area contributed by atoms with Crippen LogP contribution in [0.1, 0.15) is 32.8 Å². The molecule has 0 unspecified atom stereocenters. The number of carbonyl (C=O) groups excluding carboxylic acids is 1. The number of carbonyl (C=O) groups is 1. The summed E-state index contributed by atoms with van der Waals surface area (Å²) < 4.78 is 16.5. The van der Waals surface area contributed by atoms with E-state index < -0.39 is 6.10 Å². The van der Waals surface area contributed by atoms with E-state index in [0.29, 0.717) is 18.0 Å². The Labute approximate surface area is 161 Å². The molecular weight excluding hydrogens is 342 g/mol. The number of hydrogen-bond acceptors (Lipinski definition) is 4. The van der Waals surface area contributed by atoms with Gasteiger partial charge in [0, 0.05) is 12.6 Å². The average molecular weight is 371 g/mol. The number of amides is 1. The van der Waals surface area contributed by atoms with Gasteiger partial charge in [0.05, 0.1) is 13.2 Å². The Kier molecular flexibility index (Phi) is 7.99. The zero-order valence-electron chi connectivity index (χ0n) is 16.5. The molecule has 0 heterocycles. The minimum absolute atomic E-state index is 0.126. The third-order valence-corrected chi connectivity index (χ3v) is 3.96. The van der Waals surface area contributed by atoms with Crippen molar-refractivity contribution in [2.45, 2.75) is 45.8 Å². The third kappa shape index (κ3) is 7.21. The Balaban J connectivity index is 1.70. The van der Waals surface area contributed by atoms with Crippen molar-refractivity contribution in [3.63, 3.8) is 0 Å². The second kappa shape index (κ2) is 10.5. The lowest BCUT2D eigenvalue weighted by molar-refractivity contribution is -0.127. The molecule has 0 saturated carbocycles. The van der Waals surface area contributed by atoms with Crippen LogP contribution in [0.5, 0.6) is 17.2 Å². The molecule has 27 heavy (non-hydrogen) atoms. The van der Waals surface area contributed by atoms with Crippen LogP contribution in [-0.4, -0.2) is 31.8 Å². The fraction of sp³-hybridized carbons (Fsp3) is 0.409. The summed E-state index contributed by atoms with van der Waals surface area (Å²) in [5.74, 6) is 2.06. The number of aryl methyl sites for hydroxylation is 1. The summed E-state index contributed by atoms with van der Waals surface area (Å²) in [6.45, 7) is 6.36. The lowest BCUT2D eigenvalue weighted by Gasteiger charge is -2.15. The Morgan fingerprint density at radius 1 is 0.963 bits per heavy atom. The Bertz CT molecular complexity index is 713. The van der Waals surface area contributed by atoms with E-state index in [1.807, 2.05) is 38.1 Å². The van der Waals surface area contributed by atoms with Crippen LogP contribution < -0.4 is 19.5 Å². The molecule has 0 radical (unpaired) electrons. The van der Waals surface area contributed by atoms with Crippen molar-refractivity contribution in [3.8, 4) is 17.2 Å². The molecule has 5 heteroatoms. The van der Waals surface area contributed by atoms with Crippen LogP contribution in [0.4, 0.5) is 0 Å². The molecule has 0 aliphatic rings. The third-order valence-electron chi connectivity index (χ3n) is 3.96. The van der Waals surface area contributed by atoms with E-state index in [1.54, 1.807) is 26.2 Å². The quantitative estimate of drug-likeness (QED) is 0.642. The molecule has 1 amide bonds. The molecule has 0 aliphatic heterocycles. The SMILES string of the molecule is COc1cccc(O[C@H](C)C(=O)NCCCc2ccc(OC(C)C)cc2)c1. The molecule has 1 atom stereocenters. The van der Waals surface area contributed by atoms with Crippen molar-refractivity contribution in [2.75, 3.05) is 13.7 Å². The number of rotatable bonds is 10. The summed E-state index contributed by atoms with van der Waals surface area (Å²) in [5, 5.41) is 2.92. The van der Waals surface area contributed by atoms with E-state index >= 15 is 0 Å². The van der Waals surface area contributed by atoms with Crippen molar-refractivity contribution in [1.82, 2.24) is 5.32 Å². The normalized spacial score (nSPS) is 11.7. The van der Waals surface area contributed by atoms with Gasteiger partial charge in [-0.15, -0.1) is 0 Å². The second-order valence-electron chi connectivity index (χ2n) is 6.64. The first kappa shape index (κ1) is 20.6. The van der Waals surface area contributed by atoms with Crippen molar-refractivity contribution >= 4 is 5.91 Å². The zero-order chi connectivity index (χ0) is 19.6. The van der Waals surface area contributed by atoms with Crippen molar-refractivity contribution in [1.29, 1.82) is 0 Å². The van der Waals surface area contributed by atoms with Crippen LogP contribution in [0.25, 0.3) is 0 Å². The smallest absolute Gasteiger partial charge is 0.260 e. The Hall–Kier alpha value is -2.69. The van der Waals surface area contributed by atoms with E-state index in [4.69, 9.17) is 14.2 Å². The number of hydrogen-bond donors (Lipinski definition) is 1. The first-order valence-corrected chi connectivity index (χ1v) is 9.32. The summed E-state index contributed by atoms with van der Waals surface area (Å²) in [7, 11) is 1.60. The number of methoxy groups -OCH3 is 1. The molecule has 0 bridgehead atoms. The second-order valence-corrected chi connectivity index (χ2v) is 6.64. The van der Waals surface area contributed by atoms with Crippen LogP contribution in [0.2, 0.25) is 0 Å². The van der Waals surface area contributed by atoms with Crippen molar-refractivity contribution < 1.29 is 19.0 Å². The molecule has 5 nitrogen and oxygen atoms in total. The Morgan fingerprint density at radius 2 is 1.67 bits per heavy atom. The maximum atomic E-state index is 12.2. The van der Waals surface area contributed by atoms with Crippen LogP contribution >= 0.6 is 0 Å². The summed E-state index contributed by atoms with van der Waals surface area (Å²) in [6, 6.07) is 15.3. The van der Waals surface area contributed by atoms with Crippen LogP contribution in [0.3, 0.4) is 0 Å². The fourth-order valence-electron chi connectivity index (χ4n) is 2.59. The van der Waals surface area contributed by atoms with E-state index in [1.165, 1.54) is 5.56 Å². The van der Waals surface area contributed by atoms with Gasteiger partial charge in [0.1, 0.15) is 17.2 Å². The molecule has 2 rings (SSSR count). The number of benzene rings is 2. The van der Waals surface area contributed by atoms with Gasteiger partial charge in [0.2, 0.25) is 0 Å². The maximum Gasteiger partial charge on any atom is 0.260 e. The molecule has 0 saturated heterocycles. The topological polar surface area (TPSA) is 56.8 Å². The molecule has 1 N–H and O–H groups in total. The molecule has 146 valence electrons. The molecular formula is C22H29NO4. The van der Waals surface area contributed by atoms with Gasteiger partial charge in [-0.2, -0.15) is 0 Å². The highest BCUT2D eigenvalue weighted by Crippen LogP contribution is 2.20. The van der Waals surface area contributed by atoms with Gasteiger partial charge in [-0.3, -0.25) is 4.79 Å². The average Bonchev–Trinajstić information content (AvgIpc) is 2.66. The predicted octanol–water partition coefficient (Wildman–Crippen LogP) is 4.00. The van der Waals surface area contributed by atoms with E-state index in [0.717, 1.165) is 18.6 Å². The van der Waals surface area contributed by atoms with Gasteiger partial charge in [-0.1, -0.05) is 18.2 Å². The summed E-state index contributed by atoms with van der Waals surface area (Å²) in [4.78, 5) is 12.2. The van der Waals surface area contributed by atoms with Gasteiger partial charge in [-0.25, -0.2) is 0 Å². The monoisotopic (exact) mass is 371 g/mol. The van der Waals surface area contributed by atoms with E-state index in [9.17, 15) is 4.79 Å². The molecule has 2 aromatic carbocycles.